The molecule has 0 N–H and O–H groups in total. The molecular weight excluding hydrogens is 208 g/mol. The standard InChI is InChI=1S/C9H14O.C7H8/c1-4-10-9-5-7(2)8(3)6-9;1-7-5-3-2-4-6-7/h5H,4,6H2,1-3H3;2-6H,1H3. The van der Waals surface area contributed by atoms with E-state index in [2.05, 4.69) is 39.0 Å². The molecule has 1 heteroatoms. The number of ether oxygens (including phenoxy) is 1. The fraction of sp³-hybridized carbons (Fsp3) is 0.375. The van der Waals surface area contributed by atoms with Crippen LogP contribution in [0.15, 0.2) is 53.3 Å². The van der Waals surface area contributed by atoms with Crippen LogP contribution in [0.25, 0.3) is 0 Å². The summed E-state index contributed by atoms with van der Waals surface area (Å²) in [5, 5.41) is 0. The second kappa shape index (κ2) is 6.95. The molecule has 0 atom stereocenters. The topological polar surface area (TPSA) is 9.23 Å². The molecule has 0 radical (unpaired) electrons. The van der Waals surface area contributed by atoms with Crippen LogP contribution >= 0.6 is 0 Å². The van der Waals surface area contributed by atoms with Crippen molar-refractivity contribution in [2.45, 2.75) is 34.1 Å². The molecule has 1 aromatic rings. The van der Waals surface area contributed by atoms with E-state index in [1.54, 1.807) is 0 Å². The molecule has 0 unspecified atom stereocenters. The monoisotopic (exact) mass is 230 g/mol. The summed E-state index contributed by atoms with van der Waals surface area (Å²) in [7, 11) is 0. The molecule has 1 aliphatic rings. The Kier molecular flexibility index (Phi) is 5.55. The Hall–Kier alpha value is -1.50. The normalized spacial score (nSPS) is 14.0. The van der Waals surface area contributed by atoms with Crippen molar-refractivity contribution in [2.24, 2.45) is 0 Å². The van der Waals surface area contributed by atoms with Gasteiger partial charge in [0.05, 0.1) is 6.61 Å². The third kappa shape index (κ3) is 4.90. The van der Waals surface area contributed by atoms with E-state index in [4.69, 9.17) is 4.74 Å². The molecule has 2 rings (SSSR count). The van der Waals surface area contributed by atoms with Gasteiger partial charge in [0, 0.05) is 6.42 Å². The van der Waals surface area contributed by atoms with Gasteiger partial charge < -0.3 is 4.74 Å². The first kappa shape index (κ1) is 13.6. The van der Waals surface area contributed by atoms with Crippen LogP contribution < -0.4 is 0 Å². The Bertz CT molecular complexity index is 399. The van der Waals surface area contributed by atoms with Crippen molar-refractivity contribution in [2.75, 3.05) is 6.61 Å². The minimum absolute atomic E-state index is 0.784. The van der Waals surface area contributed by atoms with E-state index >= 15 is 0 Å². The predicted molar refractivity (Wildman–Crippen MR) is 73.9 cm³/mol. The summed E-state index contributed by atoms with van der Waals surface area (Å²) in [6, 6.07) is 10.3. The summed E-state index contributed by atoms with van der Waals surface area (Å²) < 4.78 is 5.36. The number of hydrogen-bond acceptors (Lipinski definition) is 1. The van der Waals surface area contributed by atoms with Crippen LogP contribution in [0, 0.1) is 6.92 Å². The average Bonchev–Trinajstić information content (AvgIpc) is 2.60. The first-order valence-corrected chi connectivity index (χ1v) is 6.15. The number of benzene rings is 1. The van der Waals surface area contributed by atoms with Crippen LogP contribution in [0.1, 0.15) is 32.8 Å². The van der Waals surface area contributed by atoms with Crippen molar-refractivity contribution in [1.29, 1.82) is 0 Å². The van der Waals surface area contributed by atoms with Gasteiger partial charge in [-0.05, 0) is 39.3 Å². The van der Waals surface area contributed by atoms with Crippen molar-refractivity contribution in [3.05, 3.63) is 58.9 Å². The molecule has 0 aromatic heterocycles. The van der Waals surface area contributed by atoms with Gasteiger partial charge in [0.25, 0.3) is 0 Å². The second-order valence-corrected chi connectivity index (χ2v) is 4.34. The Labute approximate surface area is 105 Å². The first-order chi connectivity index (χ1) is 8.13. The summed E-state index contributed by atoms with van der Waals surface area (Å²) in [6.07, 6.45) is 3.14. The van der Waals surface area contributed by atoms with E-state index in [1.807, 2.05) is 25.1 Å². The van der Waals surface area contributed by atoms with E-state index in [0.717, 1.165) is 18.8 Å². The molecule has 0 fully saturated rings. The smallest absolute Gasteiger partial charge is 0.100 e. The molecule has 92 valence electrons. The predicted octanol–water partition coefficient (Wildman–Crippen LogP) is 4.64. The fourth-order valence-corrected chi connectivity index (χ4v) is 1.63. The molecular formula is C16H22O. The van der Waals surface area contributed by atoms with Gasteiger partial charge in [-0.3, -0.25) is 0 Å². The van der Waals surface area contributed by atoms with Crippen LogP contribution in [-0.2, 0) is 4.74 Å². The first-order valence-electron chi connectivity index (χ1n) is 6.15. The van der Waals surface area contributed by atoms with Crippen LogP contribution in [0.3, 0.4) is 0 Å². The van der Waals surface area contributed by atoms with Crippen LogP contribution in [0.5, 0.6) is 0 Å². The van der Waals surface area contributed by atoms with Crippen molar-refractivity contribution < 1.29 is 4.74 Å². The molecule has 0 amide bonds. The lowest BCUT2D eigenvalue weighted by atomic mass is 10.2. The van der Waals surface area contributed by atoms with Gasteiger partial charge in [-0.25, -0.2) is 0 Å². The summed E-state index contributed by atoms with van der Waals surface area (Å²) >= 11 is 0. The molecule has 0 heterocycles. The number of allylic oxidation sites excluding steroid dienone is 3. The minimum Gasteiger partial charge on any atom is -0.498 e. The largest absolute Gasteiger partial charge is 0.498 e. The van der Waals surface area contributed by atoms with Crippen LogP contribution in [-0.4, -0.2) is 6.61 Å². The lowest BCUT2D eigenvalue weighted by Crippen LogP contribution is -1.87. The minimum atomic E-state index is 0.784. The Morgan fingerprint density at radius 2 is 1.71 bits per heavy atom. The SMILES string of the molecule is CCOC1=CC(C)=C(C)C1.Cc1ccccc1. The van der Waals surface area contributed by atoms with E-state index in [1.165, 1.54) is 16.7 Å². The maximum Gasteiger partial charge on any atom is 0.100 e. The fourth-order valence-electron chi connectivity index (χ4n) is 1.63. The molecule has 0 saturated carbocycles. The average molecular weight is 230 g/mol. The number of rotatable bonds is 2. The van der Waals surface area contributed by atoms with Gasteiger partial charge in [-0.1, -0.05) is 41.5 Å². The van der Waals surface area contributed by atoms with Gasteiger partial charge in [0.15, 0.2) is 0 Å². The van der Waals surface area contributed by atoms with E-state index in [9.17, 15) is 0 Å². The molecule has 0 bridgehead atoms. The number of hydrogen-bond donors (Lipinski definition) is 0. The summed E-state index contributed by atoms with van der Waals surface area (Å²) in [5.74, 6) is 1.12. The van der Waals surface area contributed by atoms with Crippen molar-refractivity contribution in [3.63, 3.8) is 0 Å². The lowest BCUT2D eigenvalue weighted by Gasteiger charge is -2.01. The lowest BCUT2D eigenvalue weighted by molar-refractivity contribution is 0.225. The summed E-state index contributed by atoms with van der Waals surface area (Å²) in [6.45, 7) is 9.16. The molecule has 1 aromatic carbocycles. The molecule has 0 saturated heterocycles. The zero-order chi connectivity index (χ0) is 12.7. The molecule has 0 spiro atoms. The van der Waals surface area contributed by atoms with Crippen LogP contribution in [0.2, 0.25) is 0 Å². The highest BCUT2D eigenvalue weighted by atomic mass is 16.5. The third-order valence-electron chi connectivity index (χ3n) is 2.76. The highest BCUT2D eigenvalue weighted by molar-refractivity contribution is 5.33. The summed E-state index contributed by atoms with van der Waals surface area (Å²) in [4.78, 5) is 0. The molecule has 17 heavy (non-hydrogen) atoms. The zero-order valence-electron chi connectivity index (χ0n) is 11.3. The maximum absolute atomic E-state index is 5.36. The van der Waals surface area contributed by atoms with E-state index in [0.29, 0.717) is 0 Å². The van der Waals surface area contributed by atoms with Crippen LogP contribution in [0.4, 0.5) is 0 Å². The molecule has 1 nitrogen and oxygen atoms in total. The van der Waals surface area contributed by atoms with Gasteiger partial charge in [-0.15, -0.1) is 0 Å². The Morgan fingerprint density at radius 3 is 2.06 bits per heavy atom. The van der Waals surface area contributed by atoms with Gasteiger partial charge >= 0.3 is 0 Å². The highest BCUT2D eigenvalue weighted by Crippen LogP contribution is 2.24. The Balaban J connectivity index is 0.000000181. The van der Waals surface area contributed by atoms with Crippen molar-refractivity contribution >= 4 is 0 Å². The quantitative estimate of drug-likeness (QED) is 0.719. The Morgan fingerprint density at radius 1 is 1.06 bits per heavy atom. The van der Waals surface area contributed by atoms with E-state index in [-0.39, 0.29) is 0 Å². The molecule has 1 aliphatic carbocycles. The second-order valence-electron chi connectivity index (χ2n) is 4.34. The third-order valence-corrected chi connectivity index (χ3v) is 2.76. The molecule has 0 aliphatic heterocycles. The number of aryl methyl sites for hydroxylation is 1. The van der Waals surface area contributed by atoms with E-state index < -0.39 is 0 Å². The summed E-state index contributed by atoms with van der Waals surface area (Å²) in [5.41, 5.74) is 4.12. The van der Waals surface area contributed by atoms with Crippen molar-refractivity contribution in [1.82, 2.24) is 0 Å². The van der Waals surface area contributed by atoms with Crippen molar-refractivity contribution in [3.8, 4) is 0 Å². The highest BCUT2D eigenvalue weighted by Gasteiger charge is 2.08. The van der Waals surface area contributed by atoms with Gasteiger partial charge in [0.1, 0.15) is 5.76 Å². The zero-order valence-corrected chi connectivity index (χ0v) is 11.3. The maximum atomic E-state index is 5.36. The van der Waals surface area contributed by atoms with Gasteiger partial charge in [0.2, 0.25) is 0 Å². The van der Waals surface area contributed by atoms with Gasteiger partial charge in [-0.2, -0.15) is 0 Å².